The Labute approximate surface area is 199 Å². The minimum Gasteiger partial charge on any atom is -0.384 e. The van der Waals surface area contributed by atoms with Crippen LogP contribution in [0.25, 0.3) is 0 Å². The molecule has 1 aliphatic heterocycles. The van der Waals surface area contributed by atoms with Gasteiger partial charge in [-0.25, -0.2) is 9.97 Å². The predicted octanol–water partition coefficient (Wildman–Crippen LogP) is 4.16. The normalized spacial score (nSPS) is 20.2. The minimum absolute atomic E-state index is 0.0546. The Hall–Kier alpha value is -3.54. The lowest BCUT2D eigenvalue weighted by Gasteiger charge is -2.34. The number of aliphatic hydroxyl groups is 1. The van der Waals surface area contributed by atoms with Crippen molar-refractivity contribution in [2.75, 3.05) is 17.2 Å². The van der Waals surface area contributed by atoms with E-state index in [1.807, 2.05) is 25.1 Å². The van der Waals surface area contributed by atoms with E-state index in [-0.39, 0.29) is 5.54 Å². The molecule has 3 aromatic rings. The van der Waals surface area contributed by atoms with E-state index in [9.17, 15) is 10.4 Å². The summed E-state index contributed by atoms with van der Waals surface area (Å²) in [4.78, 5) is 13.5. The molecule has 0 saturated heterocycles. The number of nitrogens with one attached hydrogen (secondary N) is 3. The van der Waals surface area contributed by atoms with E-state index >= 15 is 0 Å². The Morgan fingerprint density at radius 3 is 2.76 bits per heavy atom. The number of nitriles is 1. The number of benzene rings is 1. The van der Waals surface area contributed by atoms with Crippen LogP contribution in [0, 0.1) is 11.3 Å². The van der Waals surface area contributed by atoms with E-state index < -0.39 is 5.60 Å². The van der Waals surface area contributed by atoms with Crippen molar-refractivity contribution in [1.82, 2.24) is 20.3 Å². The van der Waals surface area contributed by atoms with Crippen LogP contribution in [-0.2, 0) is 24.0 Å². The third kappa shape index (κ3) is 3.98. The smallest absolute Gasteiger partial charge is 0.229 e. The van der Waals surface area contributed by atoms with Gasteiger partial charge < -0.3 is 21.1 Å². The van der Waals surface area contributed by atoms with E-state index in [0.717, 1.165) is 30.6 Å². The zero-order valence-electron chi connectivity index (χ0n) is 19.7. The fourth-order valence-electron chi connectivity index (χ4n) is 4.93. The van der Waals surface area contributed by atoms with Gasteiger partial charge in [0.15, 0.2) is 5.82 Å². The highest BCUT2D eigenvalue weighted by molar-refractivity contribution is 5.64. The van der Waals surface area contributed by atoms with Gasteiger partial charge in [0.2, 0.25) is 5.95 Å². The molecule has 174 valence electrons. The minimum atomic E-state index is -0.903. The monoisotopic (exact) mass is 455 g/mol. The molecule has 1 aliphatic carbocycles. The maximum absolute atomic E-state index is 10.9. The van der Waals surface area contributed by atoms with Crippen molar-refractivity contribution < 1.29 is 5.11 Å². The van der Waals surface area contributed by atoms with Crippen LogP contribution in [-0.4, -0.2) is 26.6 Å². The molecule has 0 bridgehead atoms. The maximum atomic E-state index is 10.9. The fraction of sp³-hybridized carbons (Fsp3) is 0.385. The summed E-state index contributed by atoms with van der Waals surface area (Å²) in [5, 5.41) is 30.4. The second-order valence-corrected chi connectivity index (χ2v) is 9.58. The summed E-state index contributed by atoms with van der Waals surface area (Å²) in [7, 11) is 0. The molecule has 0 spiro atoms. The van der Waals surface area contributed by atoms with E-state index in [1.54, 1.807) is 0 Å². The van der Waals surface area contributed by atoms with Gasteiger partial charge in [-0.05, 0) is 81.0 Å². The van der Waals surface area contributed by atoms with Crippen molar-refractivity contribution in [3.63, 3.8) is 0 Å². The average molecular weight is 456 g/mol. The maximum Gasteiger partial charge on any atom is 0.229 e. The molecule has 2 aliphatic rings. The number of nitrogens with zero attached hydrogens (tertiary/aromatic N) is 4. The molecule has 0 radical (unpaired) electrons. The number of rotatable bonds is 5. The van der Waals surface area contributed by atoms with Crippen LogP contribution in [0.4, 0.5) is 23.3 Å². The summed E-state index contributed by atoms with van der Waals surface area (Å²) in [6, 6.07) is 12.3. The van der Waals surface area contributed by atoms with Crippen LogP contribution in [0.3, 0.4) is 0 Å². The number of hydrogen-bond acceptors (Lipinski definition) is 8. The molecule has 0 amide bonds. The van der Waals surface area contributed by atoms with E-state index in [2.05, 4.69) is 63.0 Å². The molecule has 5 rings (SSSR count). The van der Waals surface area contributed by atoms with Crippen molar-refractivity contribution in [3.05, 3.63) is 64.5 Å². The van der Waals surface area contributed by atoms with Gasteiger partial charge in [-0.2, -0.15) is 10.2 Å². The molecule has 8 nitrogen and oxygen atoms in total. The van der Waals surface area contributed by atoms with Gasteiger partial charge >= 0.3 is 0 Å². The lowest BCUT2D eigenvalue weighted by molar-refractivity contribution is 0.0307. The number of fused-ring (bicyclic) bond motifs is 2. The molecule has 0 fully saturated rings. The predicted molar refractivity (Wildman–Crippen MR) is 131 cm³/mol. The highest BCUT2D eigenvalue weighted by Crippen LogP contribution is 2.39. The first-order valence-electron chi connectivity index (χ1n) is 11.7. The Balaban J connectivity index is 1.41. The van der Waals surface area contributed by atoms with Gasteiger partial charge in [0.1, 0.15) is 23.1 Å². The summed E-state index contributed by atoms with van der Waals surface area (Å²) < 4.78 is 0. The van der Waals surface area contributed by atoms with Crippen molar-refractivity contribution in [1.29, 1.82) is 5.26 Å². The first-order chi connectivity index (χ1) is 16.3. The quantitative estimate of drug-likeness (QED) is 0.453. The topological polar surface area (TPSA) is 119 Å². The number of pyridine rings is 1. The van der Waals surface area contributed by atoms with Crippen LogP contribution in [0.5, 0.6) is 0 Å². The molecule has 4 N–H and O–H groups in total. The number of anilines is 4. The van der Waals surface area contributed by atoms with Crippen LogP contribution in [0.1, 0.15) is 61.6 Å². The third-order valence-electron chi connectivity index (χ3n) is 6.96. The summed E-state index contributed by atoms with van der Waals surface area (Å²) in [5.74, 6) is 1.30. The lowest BCUT2D eigenvalue weighted by atomic mass is 9.85. The number of aromatic nitrogens is 3. The van der Waals surface area contributed by atoms with Crippen LogP contribution < -0.4 is 16.0 Å². The molecule has 1 aromatic carbocycles. The lowest BCUT2D eigenvalue weighted by Crippen LogP contribution is -2.42. The third-order valence-corrected chi connectivity index (χ3v) is 6.96. The molecule has 1 atom stereocenters. The Morgan fingerprint density at radius 1 is 1.12 bits per heavy atom. The molecule has 2 aromatic heterocycles. The summed E-state index contributed by atoms with van der Waals surface area (Å²) in [5.41, 5.74) is 4.62. The number of hydrogen-bond donors (Lipinski definition) is 4. The highest BCUT2D eigenvalue weighted by atomic mass is 16.3. The standard InChI is InChI=1S/C26H29N7O/c1-4-26(34)11-9-16-5-8-21(31-22(16)26)32-23-18(14-27)15-28-24(33-23)30-19-6-7-20-17(13-19)10-12-29-25(20,2)3/h5-8,13,15,29,34H,4,9-12H2,1-3H3,(H2,28,30,31,32,33). The first kappa shape index (κ1) is 22.3. The molecule has 3 heterocycles. The molecule has 1 unspecified atom stereocenters. The van der Waals surface area contributed by atoms with Gasteiger partial charge in [-0.1, -0.05) is 19.1 Å². The highest BCUT2D eigenvalue weighted by Gasteiger charge is 2.36. The van der Waals surface area contributed by atoms with Gasteiger partial charge in [0.25, 0.3) is 0 Å². The molecular weight excluding hydrogens is 426 g/mol. The van der Waals surface area contributed by atoms with E-state index in [0.29, 0.717) is 41.7 Å². The zero-order valence-corrected chi connectivity index (χ0v) is 19.7. The van der Waals surface area contributed by atoms with Gasteiger partial charge in [0, 0.05) is 11.2 Å². The first-order valence-corrected chi connectivity index (χ1v) is 11.7. The molecule has 0 saturated carbocycles. The Bertz CT molecular complexity index is 1300. The second-order valence-electron chi connectivity index (χ2n) is 9.58. The molecule has 8 heteroatoms. The van der Waals surface area contributed by atoms with E-state index in [1.165, 1.54) is 17.3 Å². The van der Waals surface area contributed by atoms with Gasteiger partial charge in [0.05, 0.1) is 11.9 Å². The molecular formula is C26H29N7O. The largest absolute Gasteiger partial charge is 0.384 e. The van der Waals surface area contributed by atoms with Gasteiger partial charge in [-0.3, -0.25) is 0 Å². The molecule has 34 heavy (non-hydrogen) atoms. The summed E-state index contributed by atoms with van der Waals surface area (Å²) in [6.45, 7) is 7.28. The second kappa shape index (κ2) is 8.35. The summed E-state index contributed by atoms with van der Waals surface area (Å²) in [6.07, 6.45) is 4.55. The zero-order chi connectivity index (χ0) is 23.9. The van der Waals surface area contributed by atoms with Crippen LogP contribution in [0.2, 0.25) is 0 Å². The average Bonchev–Trinajstić information content (AvgIpc) is 3.16. The van der Waals surface area contributed by atoms with Crippen molar-refractivity contribution in [2.45, 2.75) is 57.6 Å². The van der Waals surface area contributed by atoms with Crippen molar-refractivity contribution in [2.24, 2.45) is 0 Å². The van der Waals surface area contributed by atoms with E-state index in [4.69, 9.17) is 0 Å². The van der Waals surface area contributed by atoms with Gasteiger partial charge in [-0.15, -0.1) is 0 Å². The van der Waals surface area contributed by atoms with Crippen LogP contribution >= 0.6 is 0 Å². The Morgan fingerprint density at radius 2 is 1.97 bits per heavy atom. The fourth-order valence-corrected chi connectivity index (χ4v) is 4.93. The summed E-state index contributed by atoms with van der Waals surface area (Å²) >= 11 is 0. The Kier molecular flexibility index (Phi) is 5.47. The van der Waals surface area contributed by atoms with Crippen molar-refractivity contribution >= 4 is 23.3 Å². The number of aryl methyl sites for hydroxylation is 1. The SMILES string of the molecule is CCC1(O)CCc2ccc(Nc3nc(Nc4ccc5c(c4)CCNC5(C)C)ncc3C#N)nc21. The van der Waals surface area contributed by atoms with Crippen molar-refractivity contribution in [3.8, 4) is 6.07 Å². The van der Waals surface area contributed by atoms with Crippen LogP contribution in [0.15, 0.2) is 36.5 Å².